The Morgan fingerprint density at radius 3 is 2.67 bits per heavy atom. The summed E-state index contributed by atoms with van der Waals surface area (Å²) in [4.78, 5) is 6.16. The second-order valence-electron chi connectivity index (χ2n) is 7.50. The number of sulfonamides is 1. The predicted octanol–water partition coefficient (Wildman–Crippen LogP) is 4.53. The monoisotopic (exact) mass is 482 g/mol. The molecule has 0 bridgehead atoms. The summed E-state index contributed by atoms with van der Waals surface area (Å²) in [6, 6.07) is 17.2. The number of fused-ring (bicyclic) bond motifs is 2. The van der Waals surface area contributed by atoms with Crippen molar-refractivity contribution in [3.05, 3.63) is 77.3 Å². The van der Waals surface area contributed by atoms with Gasteiger partial charge in [-0.15, -0.1) is 11.3 Å². The van der Waals surface area contributed by atoms with Crippen LogP contribution in [0.4, 0.5) is 0 Å². The number of ether oxygens (including phenoxy) is 3. The Bertz CT molecular complexity index is 1370. The van der Waals surface area contributed by atoms with Gasteiger partial charge in [0, 0.05) is 34.5 Å². The maximum Gasteiger partial charge on any atom is 0.241 e. The zero-order chi connectivity index (χ0) is 22.8. The molecule has 7 nitrogen and oxygen atoms in total. The van der Waals surface area contributed by atoms with E-state index in [2.05, 4.69) is 9.71 Å². The quantitative estimate of drug-likeness (QED) is 0.434. The van der Waals surface area contributed by atoms with Gasteiger partial charge in [-0.3, -0.25) is 0 Å². The molecule has 0 saturated carbocycles. The predicted molar refractivity (Wildman–Crippen MR) is 127 cm³/mol. The fourth-order valence-corrected chi connectivity index (χ4v) is 6.10. The van der Waals surface area contributed by atoms with Gasteiger partial charge in [-0.1, -0.05) is 24.3 Å². The van der Waals surface area contributed by atoms with E-state index in [0.29, 0.717) is 36.0 Å². The van der Waals surface area contributed by atoms with Crippen LogP contribution in [-0.2, 0) is 10.0 Å². The number of thiophene rings is 1. The molecule has 2 aromatic carbocycles. The number of hydrogen-bond donors (Lipinski definition) is 1. The highest BCUT2D eigenvalue weighted by Gasteiger charge is 2.28. The van der Waals surface area contributed by atoms with Crippen molar-refractivity contribution in [1.82, 2.24) is 9.71 Å². The SMILES string of the molecule is COc1ccccc1[C@H](NS(=O)(=O)c1ccc2c(c1)OCCCO2)c1cc2cccnc2s1. The van der Waals surface area contributed by atoms with Gasteiger partial charge in [-0.05, 0) is 30.3 Å². The summed E-state index contributed by atoms with van der Waals surface area (Å²) in [7, 11) is -2.35. The Hall–Kier alpha value is -3.14. The average Bonchev–Trinajstić information content (AvgIpc) is 3.12. The number of para-hydroxylation sites is 1. The number of benzene rings is 2. The lowest BCUT2D eigenvalue weighted by atomic mass is 10.0. The summed E-state index contributed by atoms with van der Waals surface area (Å²) < 4.78 is 46.8. The van der Waals surface area contributed by atoms with Crippen LogP contribution in [0, 0.1) is 0 Å². The molecule has 1 N–H and O–H groups in total. The maximum atomic E-state index is 13.5. The van der Waals surface area contributed by atoms with Crippen molar-refractivity contribution < 1.29 is 22.6 Å². The second-order valence-corrected chi connectivity index (χ2v) is 10.3. The molecular formula is C24H22N2O5S2. The molecule has 5 rings (SSSR count). The van der Waals surface area contributed by atoms with E-state index < -0.39 is 16.1 Å². The van der Waals surface area contributed by atoms with Crippen LogP contribution in [0.1, 0.15) is 22.9 Å². The Balaban J connectivity index is 1.57. The standard InChI is InChI=1S/C24H22N2O5S2/c1-29-19-8-3-2-7-18(19)23(22-14-16-6-4-11-25-24(16)32-22)26-33(27,28)17-9-10-20-21(15-17)31-13-5-12-30-20/h2-4,6-11,14-15,23,26H,5,12-13H2,1H3/t23-/m0/s1. The van der Waals surface area contributed by atoms with Gasteiger partial charge < -0.3 is 14.2 Å². The van der Waals surface area contributed by atoms with E-state index in [1.807, 2.05) is 42.5 Å². The largest absolute Gasteiger partial charge is 0.496 e. The first-order chi connectivity index (χ1) is 16.0. The van der Waals surface area contributed by atoms with E-state index in [-0.39, 0.29) is 4.90 Å². The molecule has 170 valence electrons. The minimum absolute atomic E-state index is 0.103. The maximum absolute atomic E-state index is 13.5. The number of pyridine rings is 1. The normalized spacial score (nSPS) is 14.6. The van der Waals surface area contributed by atoms with E-state index in [0.717, 1.165) is 21.5 Å². The van der Waals surface area contributed by atoms with Gasteiger partial charge in [0.15, 0.2) is 11.5 Å². The summed E-state index contributed by atoms with van der Waals surface area (Å²) in [5.41, 5.74) is 0.712. The molecule has 1 atom stereocenters. The van der Waals surface area contributed by atoms with Crippen LogP contribution in [0.2, 0.25) is 0 Å². The van der Waals surface area contributed by atoms with Gasteiger partial charge in [0.25, 0.3) is 0 Å². The van der Waals surface area contributed by atoms with E-state index in [9.17, 15) is 8.42 Å². The third-order valence-corrected chi connectivity index (χ3v) is 7.89. The molecule has 3 heterocycles. The number of rotatable bonds is 6. The van der Waals surface area contributed by atoms with Crippen molar-refractivity contribution in [3.8, 4) is 17.2 Å². The molecule has 0 spiro atoms. The summed E-state index contributed by atoms with van der Waals surface area (Å²) in [5, 5.41) is 0.951. The molecule has 33 heavy (non-hydrogen) atoms. The molecule has 0 amide bonds. The van der Waals surface area contributed by atoms with Gasteiger partial charge in [0.2, 0.25) is 10.0 Å². The molecule has 0 aliphatic carbocycles. The zero-order valence-electron chi connectivity index (χ0n) is 17.9. The zero-order valence-corrected chi connectivity index (χ0v) is 19.5. The second kappa shape index (κ2) is 9.01. The van der Waals surface area contributed by atoms with Gasteiger partial charge >= 0.3 is 0 Å². The number of nitrogens with zero attached hydrogens (tertiary/aromatic N) is 1. The molecule has 9 heteroatoms. The lowest BCUT2D eigenvalue weighted by molar-refractivity contribution is 0.297. The van der Waals surface area contributed by atoms with Crippen LogP contribution in [0.3, 0.4) is 0 Å². The van der Waals surface area contributed by atoms with Crippen molar-refractivity contribution in [1.29, 1.82) is 0 Å². The number of hydrogen-bond acceptors (Lipinski definition) is 7. The van der Waals surface area contributed by atoms with Gasteiger partial charge in [0.05, 0.1) is 31.3 Å². The minimum Gasteiger partial charge on any atom is -0.496 e. The molecule has 0 radical (unpaired) electrons. The van der Waals surface area contributed by atoms with Crippen LogP contribution >= 0.6 is 11.3 Å². The summed E-state index contributed by atoms with van der Waals surface area (Å²) in [6.45, 7) is 1.01. The number of aromatic nitrogens is 1. The van der Waals surface area contributed by atoms with Gasteiger partial charge in [-0.2, -0.15) is 4.72 Å². The summed E-state index contributed by atoms with van der Waals surface area (Å²) >= 11 is 1.44. The number of methoxy groups -OCH3 is 1. The van der Waals surface area contributed by atoms with Crippen molar-refractivity contribution in [2.24, 2.45) is 0 Å². The Kier molecular flexibility index (Phi) is 5.92. The summed E-state index contributed by atoms with van der Waals surface area (Å²) in [5.74, 6) is 1.56. The van der Waals surface area contributed by atoms with Crippen LogP contribution in [0.15, 0.2) is 71.8 Å². The highest BCUT2D eigenvalue weighted by atomic mass is 32.2. The highest BCUT2D eigenvalue weighted by Crippen LogP contribution is 2.38. The van der Waals surface area contributed by atoms with Crippen LogP contribution in [0.5, 0.6) is 17.2 Å². The minimum atomic E-state index is -3.92. The Morgan fingerprint density at radius 2 is 1.85 bits per heavy atom. The fourth-order valence-electron chi connectivity index (χ4n) is 3.75. The third-order valence-electron chi connectivity index (χ3n) is 5.35. The lowest BCUT2D eigenvalue weighted by Crippen LogP contribution is -2.29. The first-order valence-corrected chi connectivity index (χ1v) is 12.7. The van der Waals surface area contributed by atoms with Crippen LogP contribution < -0.4 is 18.9 Å². The third kappa shape index (κ3) is 4.39. The van der Waals surface area contributed by atoms with Crippen molar-refractivity contribution in [2.45, 2.75) is 17.4 Å². The highest BCUT2D eigenvalue weighted by molar-refractivity contribution is 7.89. The first-order valence-electron chi connectivity index (χ1n) is 10.4. The molecule has 0 fully saturated rings. The molecule has 1 aliphatic rings. The summed E-state index contributed by atoms with van der Waals surface area (Å²) in [6.07, 6.45) is 2.47. The van der Waals surface area contributed by atoms with E-state index >= 15 is 0 Å². The van der Waals surface area contributed by atoms with Crippen molar-refractivity contribution in [2.75, 3.05) is 20.3 Å². The van der Waals surface area contributed by atoms with E-state index in [4.69, 9.17) is 14.2 Å². The Morgan fingerprint density at radius 1 is 1.03 bits per heavy atom. The molecule has 0 unspecified atom stereocenters. The van der Waals surface area contributed by atoms with E-state index in [1.54, 1.807) is 19.4 Å². The molecular weight excluding hydrogens is 460 g/mol. The molecule has 0 saturated heterocycles. The lowest BCUT2D eigenvalue weighted by Gasteiger charge is -2.20. The van der Waals surface area contributed by atoms with Crippen LogP contribution in [-0.4, -0.2) is 33.7 Å². The fraction of sp³-hybridized carbons (Fsp3) is 0.208. The van der Waals surface area contributed by atoms with Gasteiger partial charge in [0.1, 0.15) is 10.6 Å². The molecule has 2 aromatic heterocycles. The molecule has 4 aromatic rings. The number of nitrogens with one attached hydrogen (secondary N) is 1. The average molecular weight is 483 g/mol. The van der Waals surface area contributed by atoms with Gasteiger partial charge in [-0.25, -0.2) is 13.4 Å². The first kappa shape index (κ1) is 21.7. The topological polar surface area (TPSA) is 86.8 Å². The molecule has 1 aliphatic heterocycles. The van der Waals surface area contributed by atoms with Crippen LogP contribution in [0.25, 0.3) is 10.2 Å². The van der Waals surface area contributed by atoms with Crippen molar-refractivity contribution in [3.63, 3.8) is 0 Å². The smallest absolute Gasteiger partial charge is 0.241 e. The Labute approximate surface area is 196 Å². The van der Waals surface area contributed by atoms with Crippen molar-refractivity contribution >= 4 is 31.6 Å². The van der Waals surface area contributed by atoms with E-state index in [1.165, 1.54) is 23.5 Å².